The molecule has 0 aromatic carbocycles. The second-order valence-corrected chi connectivity index (χ2v) is 6.34. The van der Waals surface area contributed by atoms with Gasteiger partial charge in [0.25, 0.3) is 0 Å². The summed E-state index contributed by atoms with van der Waals surface area (Å²) in [6.45, 7) is 3.61. The molecule has 2 heterocycles. The number of hydrogen-bond donors (Lipinski definition) is 1. The van der Waals surface area contributed by atoms with Gasteiger partial charge in [0.05, 0.1) is 24.6 Å². The Hall–Kier alpha value is -0.260. The Morgan fingerprint density at radius 1 is 1.50 bits per heavy atom. The SMILES string of the molecule is CC(=N)c1nc(Br)cc(Br)c1CCCC1COC1. The second kappa shape index (κ2) is 6.26. The highest BCUT2D eigenvalue weighted by Gasteiger charge is 2.18. The number of pyridine rings is 1. The van der Waals surface area contributed by atoms with Crippen LogP contribution in [0.25, 0.3) is 0 Å². The van der Waals surface area contributed by atoms with Crippen LogP contribution in [-0.2, 0) is 11.2 Å². The summed E-state index contributed by atoms with van der Waals surface area (Å²) in [6.07, 6.45) is 3.28. The molecule has 3 nitrogen and oxygen atoms in total. The zero-order valence-electron chi connectivity index (χ0n) is 10.3. The predicted molar refractivity (Wildman–Crippen MR) is 79.4 cm³/mol. The van der Waals surface area contributed by atoms with Crippen LogP contribution in [0.1, 0.15) is 31.0 Å². The molecule has 0 spiro atoms. The average Bonchev–Trinajstić information content (AvgIpc) is 2.23. The van der Waals surface area contributed by atoms with Crippen molar-refractivity contribution >= 4 is 37.6 Å². The molecule has 2 rings (SSSR count). The van der Waals surface area contributed by atoms with E-state index in [1.165, 1.54) is 6.42 Å². The largest absolute Gasteiger partial charge is 0.381 e. The topological polar surface area (TPSA) is 46.0 Å². The Balaban J connectivity index is 2.07. The molecule has 1 N–H and O–H groups in total. The van der Waals surface area contributed by atoms with Crippen molar-refractivity contribution < 1.29 is 4.74 Å². The Labute approximate surface area is 124 Å². The molecule has 0 bridgehead atoms. The number of hydrogen-bond acceptors (Lipinski definition) is 3. The van der Waals surface area contributed by atoms with Crippen molar-refractivity contribution in [3.8, 4) is 0 Å². The molecular formula is C13H16Br2N2O. The molecule has 0 amide bonds. The molecule has 1 saturated heterocycles. The summed E-state index contributed by atoms with van der Waals surface area (Å²) in [4.78, 5) is 4.40. The number of nitrogens with one attached hydrogen (secondary N) is 1. The van der Waals surface area contributed by atoms with Gasteiger partial charge in [-0.3, -0.25) is 0 Å². The second-order valence-electron chi connectivity index (χ2n) is 4.67. The predicted octanol–water partition coefficient (Wildman–Crippen LogP) is 3.96. The van der Waals surface area contributed by atoms with E-state index in [-0.39, 0.29) is 0 Å². The highest BCUT2D eigenvalue weighted by molar-refractivity contribution is 9.11. The number of ether oxygens (including phenoxy) is 1. The highest BCUT2D eigenvalue weighted by Crippen LogP contribution is 2.26. The summed E-state index contributed by atoms with van der Waals surface area (Å²) in [5, 5.41) is 7.81. The van der Waals surface area contributed by atoms with Gasteiger partial charge in [0.2, 0.25) is 0 Å². The summed E-state index contributed by atoms with van der Waals surface area (Å²) in [5.41, 5.74) is 2.45. The molecule has 0 saturated carbocycles. The standard InChI is InChI=1S/C13H16Br2N2O/c1-8(16)13-10(11(14)5-12(15)17-13)4-2-3-9-6-18-7-9/h5,9,16H,2-4,6-7H2,1H3. The van der Waals surface area contributed by atoms with Crippen molar-refractivity contribution in [3.05, 3.63) is 26.4 Å². The van der Waals surface area contributed by atoms with Gasteiger partial charge in [0, 0.05) is 10.4 Å². The summed E-state index contributed by atoms with van der Waals surface area (Å²) in [5.74, 6) is 0.733. The lowest BCUT2D eigenvalue weighted by Crippen LogP contribution is -2.27. The van der Waals surface area contributed by atoms with Gasteiger partial charge in [-0.15, -0.1) is 0 Å². The fraction of sp³-hybridized carbons (Fsp3) is 0.538. The van der Waals surface area contributed by atoms with E-state index in [1.807, 2.05) is 6.07 Å². The van der Waals surface area contributed by atoms with Crippen LogP contribution >= 0.6 is 31.9 Å². The third kappa shape index (κ3) is 3.39. The van der Waals surface area contributed by atoms with E-state index in [4.69, 9.17) is 10.1 Å². The van der Waals surface area contributed by atoms with Gasteiger partial charge >= 0.3 is 0 Å². The molecule has 1 aromatic rings. The minimum absolute atomic E-state index is 0.513. The van der Waals surface area contributed by atoms with Crippen molar-refractivity contribution in [3.63, 3.8) is 0 Å². The summed E-state index contributed by atoms with van der Waals surface area (Å²) >= 11 is 6.95. The normalized spacial score (nSPS) is 15.5. The maximum atomic E-state index is 7.81. The van der Waals surface area contributed by atoms with Crippen molar-refractivity contribution in [2.24, 2.45) is 5.92 Å². The van der Waals surface area contributed by atoms with Crippen LogP contribution in [0.15, 0.2) is 15.1 Å². The minimum Gasteiger partial charge on any atom is -0.381 e. The van der Waals surface area contributed by atoms with Crippen molar-refractivity contribution in [1.82, 2.24) is 4.98 Å². The molecule has 1 aliphatic heterocycles. The number of rotatable bonds is 5. The molecule has 0 radical (unpaired) electrons. The molecule has 0 atom stereocenters. The van der Waals surface area contributed by atoms with Crippen LogP contribution in [0.4, 0.5) is 0 Å². The minimum atomic E-state index is 0.513. The Morgan fingerprint density at radius 3 is 2.78 bits per heavy atom. The molecule has 1 aliphatic rings. The average molecular weight is 376 g/mol. The van der Waals surface area contributed by atoms with Gasteiger partial charge < -0.3 is 10.1 Å². The first-order valence-electron chi connectivity index (χ1n) is 6.06. The van der Waals surface area contributed by atoms with Crippen molar-refractivity contribution in [2.45, 2.75) is 26.2 Å². The van der Waals surface area contributed by atoms with Gasteiger partial charge in [-0.2, -0.15) is 0 Å². The van der Waals surface area contributed by atoms with Crippen LogP contribution < -0.4 is 0 Å². The van der Waals surface area contributed by atoms with Crippen LogP contribution in [0.3, 0.4) is 0 Å². The smallest absolute Gasteiger partial charge is 0.108 e. The van der Waals surface area contributed by atoms with E-state index in [0.717, 1.165) is 52.3 Å². The summed E-state index contributed by atoms with van der Waals surface area (Å²) in [6, 6.07) is 1.95. The maximum Gasteiger partial charge on any atom is 0.108 e. The molecule has 1 fully saturated rings. The number of nitrogens with zero attached hydrogens (tertiary/aromatic N) is 1. The zero-order chi connectivity index (χ0) is 13.1. The van der Waals surface area contributed by atoms with Gasteiger partial charge in [0.15, 0.2) is 0 Å². The Kier molecular flexibility index (Phi) is 4.92. The van der Waals surface area contributed by atoms with Crippen LogP contribution in [0.2, 0.25) is 0 Å². The van der Waals surface area contributed by atoms with Crippen LogP contribution in [-0.4, -0.2) is 23.9 Å². The molecule has 0 unspecified atom stereocenters. The lowest BCUT2D eigenvalue weighted by Gasteiger charge is -2.25. The maximum absolute atomic E-state index is 7.81. The fourth-order valence-corrected chi connectivity index (χ4v) is 3.39. The Bertz CT molecular complexity index is 459. The van der Waals surface area contributed by atoms with Crippen LogP contribution in [0.5, 0.6) is 0 Å². The first-order valence-corrected chi connectivity index (χ1v) is 7.64. The quantitative estimate of drug-likeness (QED) is 0.625. The molecular weight excluding hydrogens is 360 g/mol. The first-order chi connectivity index (χ1) is 8.58. The summed E-state index contributed by atoms with van der Waals surface area (Å²) < 4.78 is 6.99. The molecule has 98 valence electrons. The van der Waals surface area contributed by atoms with Crippen molar-refractivity contribution in [1.29, 1.82) is 5.41 Å². The third-order valence-electron chi connectivity index (χ3n) is 3.14. The molecule has 5 heteroatoms. The van der Waals surface area contributed by atoms with Gasteiger partial charge in [0.1, 0.15) is 4.60 Å². The van der Waals surface area contributed by atoms with Gasteiger partial charge in [-0.25, -0.2) is 4.98 Å². The van der Waals surface area contributed by atoms with E-state index in [0.29, 0.717) is 5.71 Å². The number of halogens is 2. The Morgan fingerprint density at radius 2 is 2.22 bits per heavy atom. The van der Waals surface area contributed by atoms with Gasteiger partial charge in [-0.1, -0.05) is 15.9 Å². The highest BCUT2D eigenvalue weighted by atomic mass is 79.9. The van der Waals surface area contributed by atoms with E-state index in [1.54, 1.807) is 6.92 Å². The van der Waals surface area contributed by atoms with E-state index in [2.05, 4.69) is 36.8 Å². The summed E-state index contributed by atoms with van der Waals surface area (Å²) in [7, 11) is 0. The number of aromatic nitrogens is 1. The van der Waals surface area contributed by atoms with E-state index < -0.39 is 0 Å². The lowest BCUT2D eigenvalue weighted by molar-refractivity contribution is -0.0361. The fourth-order valence-electron chi connectivity index (χ4n) is 2.08. The van der Waals surface area contributed by atoms with E-state index in [9.17, 15) is 0 Å². The lowest BCUT2D eigenvalue weighted by atomic mass is 9.97. The molecule has 18 heavy (non-hydrogen) atoms. The molecule has 0 aliphatic carbocycles. The third-order valence-corrected chi connectivity index (χ3v) is 4.25. The van der Waals surface area contributed by atoms with Crippen LogP contribution in [0, 0.1) is 11.3 Å². The monoisotopic (exact) mass is 374 g/mol. The molecule has 1 aromatic heterocycles. The zero-order valence-corrected chi connectivity index (χ0v) is 13.5. The van der Waals surface area contributed by atoms with Crippen molar-refractivity contribution in [2.75, 3.05) is 13.2 Å². The van der Waals surface area contributed by atoms with E-state index >= 15 is 0 Å². The first kappa shape index (κ1) is 14.2. The van der Waals surface area contributed by atoms with Gasteiger partial charge in [-0.05, 0) is 53.7 Å².